The first-order valence-corrected chi connectivity index (χ1v) is 15.5. The topological polar surface area (TPSA) is 66.2 Å². The molecule has 4 fully saturated rings. The number of imidazole rings is 1. The van der Waals surface area contributed by atoms with E-state index in [1.165, 1.54) is 16.7 Å². The zero-order valence-corrected chi connectivity index (χ0v) is 24.3. The summed E-state index contributed by atoms with van der Waals surface area (Å²) in [5, 5.41) is 0. The van der Waals surface area contributed by atoms with Crippen LogP contribution in [0.15, 0.2) is 23.3 Å². The van der Waals surface area contributed by atoms with Crippen molar-refractivity contribution < 1.29 is 17.9 Å². The average Bonchev–Trinajstić information content (AvgIpc) is 3.51. The Balaban J connectivity index is 1.31. The van der Waals surface area contributed by atoms with Gasteiger partial charge in [-0.1, -0.05) is 13.3 Å². The molecule has 0 amide bonds. The molecule has 5 atom stereocenters. The van der Waals surface area contributed by atoms with E-state index in [1.807, 2.05) is 0 Å². The number of aromatic nitrogens is 2. The van der Waals surface area contributed by atoms with Gasteiger partial charge in [-0.2, -0.15) is 13.2 Å². The van der Waals surface area contributed by atoms with Gasteiger partial charge in [0.1, 0.15) is 0 Å². The second-order valence-electron chi connectivity index (χ2n) is 13.1. The SMILES string of the molecule is C[C@H]1CCCN(Cc2cc(C(F)(F)F)c3cn(C4CCCC([C@@H](C5CCOCC5)C5NNCN5C)C4)c(=O)n3c2)C1. The number of nitrogens with zero attached hydrogens (tertiary/aromatic N) is 4. The summed E-state index contributed by atoms with van der Waals surface area (Å²) in [4.78, 5) is 18.3. The molecular weight excluding hydrogens is 533 g/mol. The summed E-state index contributed by atoms with van der Waals surface area (Å²) in [6.07, 6.45) is 6.63. The third-order valence-electron chi connectivity index (χ3n) is 10.2. The summed E-state index contributed by atoms with van der Waals surface area (Å²) in [5.74, 6) is 1.77. The first-order chi connectivity index (χ1) is 19.7. The van der Waals surface area contributed by atoms with Crippen LogP contribution in [0.25, 0.3) is 5.52 Å². The average molecular weight is 579 g/mol. The predicted molar refractivity (Wildman–Crippen MR) is 151 cm³/mol. The van der Waals surface area contributed by atoms with Gasteiger partial charge in [0.15, 0.2) is 0 Å². The van der Waals surface area contributed by atoms with Crippen molar-refractivity contribution in [1.29, 1.82) is 0 Å². The van der Waals surface area contributed by atoms with Crippen LogP contribution in [0.3, 0.4) is 0 Å². The normalized spacial score (nSPS) is 30.3. The number of hydrazine groups is 1. The van der Waals surface area contributed by atoms with E-state index in [9.17, 15) is 18.0 Å². The first-order valence-electron chi connectivity index (χ1n) is 15.5. The van der Waals surface area contributed by atoms with Crippen LogP contribution in [0.4, 0.5) is 13.2 Å². The maximum atomic E-state index is 14.3. The monoisotopic (exact) mass is 578 g/mol. The summed E-state index contributed by atoms with van der Waals surface area (Å²) in [6, 6.07) is 1.15. The van der Waals surface area contributed by atoms with Gasteiger partial charge in [0.2, 0.25) is 0 Å². The van der Waals surface area contributed by atoms with Crippen molar-refractivity contribution in [3.05, 3.63) is 40.1 Å². The molecule has 228 valence electrons. The van der Waals surface area contributed by atoms with Gasteiger partial charge < -0.3 is 4.74 Å². The zero-order valence-electron chi connectivity index (χ0n) is 24.3. The summed E-state index contributed by atoms with van der Waals surface area (Å²) < 4.78 is 51.6. The number of hydrogen-bond acceptors (Lipinski definition) is 6. The third kappa shape index (κ3) is 6.11. The van der Waals surface area contributed by atoms with E-state index in [0.29, 0.717) is 35.8 Å². The standard InChI is InChI=1S/C30H45F3N6O2/c1-20-5-4-10-37(15-20)16-21-13-25(30(31,32)33)26-18-38(29(40)39(26)17-21)24-7-3-6-23(14-24)27(22-8-11-41-12-9-22)28-35-34-19-36(28)2/h13,17-18,20,22-24,27-28,34-35H,3-12,14-16,19H2,1-2H3/t20-,23?,24?,27+,28?/m0/s1. The molecule has 41 heavy (non-hydrogen) atoms. The van der Waals surface area contributed by atoms with Gasteiger partial charge in [-0.05, 0) is 93.8 Å². The number of rotatable bonds is 6. The highest BCUT2D eigenvalue weighted by molar-refractivity contribution is 5.56. The fourth-order valence-corrected chi connectivity index (χ4v) is 8.20. The quantitative estimate of drug-likeness (QED) is 0.528. The summed E-state index contributed by atoms with van der Waals surface area (Å²) >= 11 is 0. The lowest BCUT2D eigenvalue weighted by Gasteiger charge is -2.44. The molecule has 11 heteroatoms. The Bertz CT molecular complexity index is 1260. The van der Waals surface area contributed by atoms with E-state index in [4.69, 9.17) is 4.74 Å². The van der Waals surface area contributed by atoms with E-state index in [0.717, 1.165) is 84.3 Å². The van der Waals surface area contributed by atoms with E-state index in [-0.39, 0.29) is 23.4 Å². The minimum Gasteiger partial charge on any atom is -0.381 e. The Kier molecular flexibility index (Phi) is 8.53. The largest absolute Gasteiger partial charge is 0.418 e. The number of pyridine rings is 1. The molecule has 0 radical (unpaired) electrons. The zero-order chi connectivity index (χ0) is 28.7. The van der Waals surface area contributed by atoms with Crippen molar-refractivity contribution in [3.63, 3.8) is 0 Å². The van der Waals surface area contributed by atoms with Crippen molar-refractivity contribution in [1.82, 2.24) is 29.6 Å². The van der Waals surface area contributed by atoms with Crippen LogP contribution in [-0.2, 0) is 17.5 Å². The van der Waals surface area contributed by atoms with Crippen molar-refractivity contribution in [2.75, 3.05) is 40.0 Å². The second kappa shape index (κ2) is 12.0. The Morgan fingerprint density at radius 1 is 1.07 bits per heavy atom. The van der Waals surface area contributed by atoms with Crippen LogP contribution in [-0.4, -0.2) is 65.0 Å². The number of nitrogens with one attached hydrogen (secondary N) is 2. The Morgan fingerprint density at radius 2 is 1.88 bits per heavy atom. The smallest absolute Gasteiger partial charge is 0.381 e. The maximum absolute atomic E-state index is 14.3. The molecule has 3 saturated heterocycles. The third-order valence-corrected chi connectivity index (χ3v) is 10.2. The molecule has 0 aromatic carbocycles. The van der Waals surface area contributed by atoms with Gasteiger partial charge in [-0.15, -0.1) is 0 Å². The number of alkyl halides is 3. The van der Waals surface area contributed by atoms with E-state index in [2.05, 4.69) is 34.6 Å². The van der Waals surface area contributed by atoms with Gasteiger partial charge in [0.05, 0.1) is 23.9 Å². The van der Waals surface area contributed by atoms with Crippen LogP contribution >= 0.6 is 0 Å². The fraction of sp³-hybridized carbons (Fsp3) is 0.767. The van der Waals surface area contributed by atoms with Crippen LogP contribution in [0.5, 0.6) is 0 Å². The van der Waals surface area contributed by atoms with Crippen LogP contribution < -0.4 is 16.5 Å². The minimum absolute atomic E-state index is 0.0391. The van der Waals surface area contributed by atoms with Crippen molar-refractivity contribution >= 4 is 5.52 Å². The molecule has 3 unspecified atom stereocenters. The second-order valence-corrected chi connectivity index (χ2v) is 13.1. The Labute approximate surface area is 240 Å². The lowest BCUT2D eigenvalue weighted by molar-refractivity contribution is -0.136. The molecule has 1 saturated carbocycles. The lowest BCUT2D eigenvalue weighted by Crippen LogP contribution is -2.49. The van der Waals surface area contributed by atoms with Gasteiger partial charge in [-0.25, -0.2) is 15.6 Å². The van der Waals surface area contributed by atoms with E-state index >= 15 is 0 Å². The van der Waals surface area contributed by atoms with Crippen LogP contribution in [0.1, 0.15) is 75.5 Å². The molecule has 6 rings (SSSR count). The van der Waals surface area contributed by atoms with E-state index in [1.54, 1.807) is 10.8 Å². The van der Waals surface area contributed by atoms with E-state index < -0.39 is 11.7 Å². The van der Waals surface area contributed by atoms with Crippen LogP contribution in [0, 0.1) is 23.7 Å². The molecule has 2 aromatic heterocycles. The Hall–Kier alpha value is -1.92. The van der Waals surface area contributed by atoms with Crippen molar-refractivity contribution in [2.45, 2.75) is 83.2 Å². The molecule has 2 N–H and O–H groups in total. The highest BCUT2D eigenvalue weighted by Crippen LogP contribution is 2.44. The molecule has 0 spiro atoms. The minimum atomic E-state index is -4.54. The maximum Gasteiger partial charge on any atom is 0.418 e. The molecule has 4 aliphatic rings. The molecule has 5 heterocycles. The Morgan fingerprint density at radius 3 is 2.59 bits per heavy atom. The van der Waals surface area contributed by atoms with Crippen molar-refractivity contribution in [3.8, 4) is 0 Å². The fourth-order valence-electron chi connectivity index (χ4n) is 8.20. The molecule has 3 aliphatic heterocycles. The number of piperidine rings is 1. The lowest BCUT2D eigenvalue weighted by atomic mass is 9.69. The highest BCUT2D eigenvalue weighted by atomic mass is 19.4. The summed E-state index contributed by atoms with van der Waals surface area (Å²) in [6.45, 7) is 6.65. The van der Waals surface area contributed by atoms with Gasteiger partial charge in [-0.3, -0.25) is 18.8 Å². The summed E-state index contributed by atoms with van der Waals surface area (Å²) in [5.41, 5.74) is 6.20. The number of fused-ring (bicyclic) bond motifs is 1. The molecule has 1 aliphatic carbocycles. The first kappa shape index (κ1) is 29.2. The number of hydrogen-bond donors (Lipinski definition) is 2. The predicted octanol–water partition coefficient (Wildman–Crippen LogP) is 4.45. The number of halogens is 3. The molecule has 2 aromatic rings. The van der Waals surface area contributed by atoms with Gasteiger partial charge in [0.25, 0.3) is 0 Å². The molecule has 8 nitrogen and oxygen atoms in total. The molecular formula is C30H45F3N6O2. The number of ether oxygens (including phenoxy) is 1. The van der Waals surface area contributed by atoms with Crippen molar-refractivity contribution in [2.24, 2.45) is 23.7 Å². The summed E-state index contributed by atoms with van der Waals surface area (Å²) in [7, 11) is 2.12. The van der Waals surface area contributed by atoms with Gasteiger partial charge >= 0.3 is 11.9 Å². The highest BCUT2D eigenvalue weighted by Gasteiger charge is 2.42. The molecule has 0 bridgehead atoms. The van der Waals surface area contributed by atoms with Gasteiger partial charge in [0, 0.05) is 44.7 Å². The van der Waals surface area contributed by atoms with Crippen LogP contribution in [0.2, 0.25) is 0 Å². The number of likely N-dealkylation sites (tertiary alicyclic amines) is 1.